The molecule has 1 amide bonds. The molecule has 24 heavy (non-hydrogen) atoms. The highest BCUT2D eigenvalue weighted by molar-refractivity contribution is 5.95. The average molecular weight is 324 g/mol. The summed E-state index contributed by atoms with van der Waals surface area (Å²) in [5.74, 6) is 1.92. The number of rotatable bonds is 5. The van der Waals surface area contributed by atoms with Crippen molar-refractivity contribution in [2.45, 2.75) is 38.6 Å². The molecule has 0 unspecified atom stereocenters. The van der Waals surface area contributed by atoms with Gasteiger partial charge in [-0.2, -0.15) is 0 Å². The topological polar surface area (TPSA) is 50.2 Å². The number of anilines is 1. The van der Waals surface area contributed by atoms with Crippen LogP contribution in [-0.4, -0.2) is 39.5 Å². The maximum atomic E-state index is 12.6. The van der Waals surface area contributed by atoms with E-state index in [1.807, 2.05) is 42.0 Å². The number of nitrogens with zero attached hydrogens (tertiary/aromatic N) is 3. The second-order valence-electron chi connectivity index (χ2n) is 6.98. The normalized spacial score (nSPS) is 21.1. The smallest absolute Gasteiger partial charge is 0.241 e. The number of aryl methyl sites for hydroxylation is 1. The van der Waals surface area contributed by atoms with E-state index in [1.165, 1.54) is 12.8 Å². The number of imidazole rings is 1. The first-order chi connectivity index (χ1) is 11.7. The van der Waals surface area contributed by atoms with Crippen LogP contribution in [0.5, 0.6) is 0 Å². The van der Waals surface area contributed by atoms with Crippen molar-refractivity contribution in [2.24, 2.45) is 5.92 Å². The Balaban J connectivity index is 1.41. The Morgan fingerprint density at radius 2 is 2.04 bits per heavy atom. The first kappa shape index (κ1) is 15.4. The zero-order valence-electron chi connectivity index (χ0n) is 14.1. The number of hydrogen-bond acceptors (Lipinski definition) is 3. The fraction of sp³-hybridized carbons (Fsp3) is 0.474. The molecule has 1 aromatic carbocycles. The van der Waals surface area contributed by atoms with Crippen LogP contribution >= 0.6 is 0 Å². The summed E-state index contributed by atoms with van der Waals surface area (Å²) in [4.78, 5) is 19.2. The third-order valence-electron chi connectivity index (χ3n) is 5.09. The molecular weight excluding hydrogens is 300 g/mol. The van der Waals surface area contributed by atoms with Crippen molar-refractivity contribution >= 4 is 11.6 Å². The van der Waals surface area contributed by atoms with E-state index in [0.717, 1.165) is 49.0 Å². The molecule has 2 heterocycles. The summed E-state index contributed by atoms with van der Waals surface area (Å²) < 4.78 is 2.03. The van der Waals surface area contributed by atoms with Crippen LogP contribution in [-0.2, 0) is 4.79 Å². The Kier molecular flexibility index (Phi) is 4.10. The Bertz CT molecular complexity index is 717. The van der Waals surface area contributed by atoms with Crippen molar-refractivity contribution in [3.05, 3.63) is 42.5 Å². The summed E-state index contributed by atoms with van der Waals surface area (Å²) in [6.07, 6.45) is 8.51. The highest BCUT2D eigenvalue weighted by Crippen LogP contribution is 2.32. The van der Waals surface area contributed by atoms with Gasteiger partial charge in [-0.25, -0.2) is 4.98 Å². The zero-order chi connectivity index (χ0) is 16.5. The van der Waals surface area contributed by atoms with Crippen LogP contribution in [0.1, 0.15) is 31.5 Å². The standard InChI is InChI=1S/C19H24N4O/c1-14-20-10-12-23(14)17-8-6-16(7-9-17)21-19(24)18-3-2-11-22(18)13-15-4-5-15/h6-10,12,15,18H,2-5,11,13H2,1H3,(H,21,24)/t18-/m1/s1. The van der Waals surface area contributed by atoms with Crippen molar-refractivity contribution in [1.82, 2.24) is 14.5 Å². The Morgan fingerprint density at radius 1 is 1.25 bits per heavy atom. The molecule has 5 heteroatoms. The number of hydrogen-bond donors (Lipinski definition) is 1. The summed E-state index contributed by atoms with van der Waals surface area (Å²) in [7, 11) is 0. The maximum absolute atomic E-state index is 12.6. The monoisotopic (exact) mass is 324 g/mol. The molecule has 126 valence electrons. The van der Waals surface area contributed by atoms with Crippen LogP contribution in [0.2, 0.25) is 0 Å². The average Bonchev–Trinajstić information content (AvgIpc) is 3.09. The molecule has 1 N–H and O–H groups in total. The molecule has 1 aliphatic heterocycles. The van der Waals surface area contributed by atoms with Crippen LogP contribution in [0.4, 0.5) is 5.69 Å². The lowest BCUT2D eigenvalue weighted by molar-refractivity contribution is -0.120. The fourth-order valence-corrected chi connectivity index (χ4v) is 3.56. The predicted octanol–water partition coefficient (Wildman–Crippen LogP) is 2.99. The lowest BCUT2D eigenvalue weighted by atomic mass is 10.2. The fourth-order valence-electron chi connectivity index (χ4n) is 3.56. The zero-order valence-corrected chi connectivity index (χ0v) is 14.1. The van der Waals surface area contributed by atoms with Crippen molar-refractivity contribution < 1.29 is 4.79 Å². The van der Waals surface area contributed by atoms with Crippen LogP contribution < -0.4 is 5.32 Å². The molecule has 2 aromatic rings. The van der Waals surface area contributed by atoms with Crippen molar-refractivity contribution in [3.63, 3.8) is 0 Å². The van der Waals surface area contributed by atoms with Gasteiger partial charge >= 0.3 is 0 Å². The van der Waals surface area contributed by atoms with Gasteiger partial charge in [-0.1, -0.05) is 0 Å². The van der Waals surface area contributed by atoms with E-state index in [0.29, 0.717) is 0 Å². The van der Waals surface area contributed by atoms with Crippen molar-refractivity contribution in [3.8, 4) is 5.69 Å². The molecule has 0 spiro atoms. The summed E-state index contributed by atoms with van der Waals surface area (Å²) in [5.41, 5.74) is 1.92. The Hall–Kier alpha value is -2.14. The molecule has 4 rings (SSSR count). The Labute approximate surface area is 142 Å². The SMILES string of the molecule is Cc1nccn1-c1ccc(NC(=O)[C@H]2CCCN2CC2CC2)cc1. The number of carbonyl (C=O) groups is 1. The van der Waals surface area contributed by atoms with Gasteiger partial charge in [-0.15, -0.1) is 0 Å². The molecule has 2 fully saturated rings. The summed E-state index contributed by atoms with van der Waals surface area (Å²) in [6.45, 7) is 4.13. The van der Waals surface area contributed by atoms with E-state index in [-0.39, 0.29) is 11.9 Å². The second kappa shape index (κ2) is 6.40. The minimum Gasteiger partial charge on any atom is -0.325 e. The van der Waals surface area contributed by atoms with E-state index < -0.39 is 0 Å². The molecule has 1 atom stereocenters. The van der Waals surface area contributed by atoms with E-state index >= 15 is 0 Å². The molecule has 2 aliphatic rings. The van der Waals surface area contributed by atoms with Crippen molar-refractivity contribution in [1.29, 1.82) is 0 Å². The molecule has 1 saturated carbocycles. The first-order valence-electron chi connectivity index (χ1n) is 8.86. The Morgan fingerprint density at radius 3 is 2.71 bits per heavy atom. The van der Waals surface area contributed by atoms with Crippen molar-refractivity contribution in [2.75, 3.05) is 18.4 Å². The molecule has 1 saturated heterocycles. The van der Waals surface area contributed by atoms with Gasteiger partial charge < -0.3 is 9.88 Å². The number of nitrogens with one attached hydrogen (secondary N) is 1. The summed E-state index contributed by atoms with van der Waals surface area (Å²) >= 11 is 0. The number of benzene rings is 1. The van der Waals surface area contributed by atoms with Gasteiger partial charge in [-0.05, 0) is 69.3 Å². The van der Waals surface area contributed by atoms with Gasteiger partial charge in [0.1, 0.15) is 5.82 Å². The van der Waals surface area contributed by atoms with Gasteiger partial charge in [0.15, 0.2) is 0 Å². The lowest BCUT2D eigenvalue weighted by Gasteiger charge is -2.23. The minimum atomic E-state index is 0.0427. The van der Waals surface area contributed by atoms with E-state index in [9.17, 15) is 4.79 Å². The van der Waals surface area contributed by atoms with Gasteiger partial charge in [0, 0.05) is 30.3 Å². The second-order valence-corrected chi connectivity index (χ2v) is 6.98. The number of amides is 1. The van der Waals surface area contributed by atoms with E-state index in [1.54, 1.807) is 6.20 Å². The third-order valence-corrected chi connectivity index (χ3v) is 5.09. The van der Waals surface area contributed by atoms with Crippen LogP contribution in [0.25, 0.3) is 5.69 Å². The van der Waals surface area contributed by atoms with Gasteiger partial charge in [0.25, 0.3) is 0 Å². The maximum Gasteiger partial charge on any atom is 0.241 e. The first-order valence-corrected chi connectivity index (χ1v) is 8.86. The van der Waals surface area contributed by atoms with Crippen LogP contribution in [0.3, 0.4) is 0 Å². The van der Waals surface area contributed by atoms with Crippen LogP contribution in [0, 0.1) is 12.8 Å². The highest BCUT2D eigenvalue weighted by atomic mass is 16.2. The van der Waals surface area contributed by atoms with E-state index in [4.69, 9.17) is 0 Å². The highest BCUT2D eigenvalue weighted by Gasteiger charge is 2.34. The minimum absolute atomic E-state index is 0.0427. The number of likely N-dealkylation sites (tertiary alicyclic amines) is 1. The lowest BCUT2D eigenvalue weighted by Crippen LogP contribution is -2.40. The quantitative estimate of drug-likeness (QED) is 0.920. The number of aromatic nitrogens is 2. The summed E-state index contributed by atoms with van der Waals surface area (Å²) in [6, 6.07) is 8.00. The van der Waals surface area contributed by atoms with Gasteiger partial charge in [-0.3, -0.25) is 9.69 Å². The van der Waals surface area contributed by atoms with E-state index in [2.05, 4.69) is 15.2 Å². The molecule has 1 aliphatic carbocycles. The largest absolute Gasteiger partial charge is 0.325 e. The molecule has 0 bridgehead atoms. The molecular formula is C19H24N4O. The van der Waals surface area contributed by atoms with Gasteiger partial charge in [0.05, 0.1) is 6.04 Å². The van der Waals surface area contributed by atoms with Crippen LogP contribution in [0.15, 0.2) is 36.7 Å². The summed E-state index contributed by atoms with van der Waals surface area (Å²) in [5, 5.41) is 3.09. The third kappa shape index (κ3) is 3.22. The van der Waals surface area contributed by atoms with Gasteiger partial charge in [0.2, 0.25) is 5.91 Å². The molecule has 0 radical (unpaired) electrons. The number of carbonyl (C=O) groups excluding carboxylic acids is 1. The molecule has 5 nitrogen and oxygen atoms in total. The predicted molar refractivity (Wildman–Crippen MR) is 94.2 cm³/mol. The molecule has 1 aromatic heterocycles.